The van der Waals surface area contributed by atoms with Crippen molar-refractivity contribution in [1.82, 2.24) is 4.98 Å². The van der Waals surface area contributed by atoms with E-state index in [1.807, 2.05) is 18.2 Å². The van der Waals surface area contributed by atoms with Gasteiger partial charge in [-0.1, -0.05) is 17.3 Å². The quantitative estimate of drug-likeness (QED) is 0.711. The summed E-state index contributed by atoms with van der Waals surface area (Å²) in [4.78, 5) is 26.2. The first-order valence-corrected chi connectivity index (χ1v) is 7.90. The molecule has 0 spiro atoms. The number of aromatic carboxylic acids is 1. The molecule has 1 unspecified atom stereocenters. The van der Waals surface area contributed by atoms with Gasteiger partial charge < -0.3 is 9.52 Å². The third-order valence-corrected chi connectivity index (χ3v) is 4.51. The van der Waals surface area contributed by atoms with Crippen LogP contribution < -0.4 is 0 Å². The minimum atomic E-state index is -1.12. The van der Waals surface area contributed by atoms with Gasteiger partial charge in [-0.15, -0.1) is 0 Å². The van der Waals surface area contributed by atoms with Gasteiger partial charge in [-0.3, -0.25) is 4.98 Å². The molecule has 6 nitrogen and oxygen atoms in total. The molecule has 2 heterocycles. The SMILES string of the molecule is O=NC1CCc2cc(-c3oc(C(=O)O)cc3-c3ccncc3)ccc21. The Labute approximate surface area is 143 Å². The number of fused-ring (bicyclic) bond motifs is 1. The van der Waals surface area contributed by atoms with Crippen molar-refractivity contribution in [1.29, 1.82) is 0 Å². The molecule has 25 heavy (non-hydrogen) atoms. The maximum absolute atomic E-state index is 11.3. The summed E-state index contributed by atoms with van der Waals surface area (Å²) in [6.07, 6.45) is 4.78. The minimum absolute atomic E-state index is 0.116. The molecular weight excluding hydrogens is 320 g/mol. The molecule has 0 bridgehead atoms. The van der Waals surface area contributed by atoms with Crippen molar-refractivity contribution in [3.8, 4) is 22.5 Å². The molecule has 1 N–H and O–H groups in total. The molecule has 1 aromatic carbocycles. The van der Waals surface area contributed by atoms with Crippen LogP contribution in [0, 0.1) is 4.91 Å². The van der Waals surface area contributed by atoms with Crippen LogP contribution in [-0.2, 0) is 6.42 Å². The zero-order chi connectivity index (χ0) is 17.4. The molecule has 0 saturated carbocycles. The summed E-state index contributed by atoms with van der Waals surface area (Å²) in [6.45, 7) is 0. The van der Waals surface area contributed by atoms with Crippen LogP contribution in [-0.4, -0.2) is 16.1 Å². The number of aromatic nitrogens is 1. The number of hydrogen-bond donors (Lipinski definition) is 1. The predicted octanol–water partition coefficient (Wildman–Crippen LogP) is 4.46. The summed E-state index contributed by atoms with van der Waals surface area (Å²) in [5.74, 6) is -0.739. The van der Waals surface area contributed by atoms with Crippen molar-refractivity contribution in [3.05, 3.63) is 70.6 Å². The Morgan fingerprint density at radius 3 is 2.68 bits per heavy atom. The molecule has 0 saturated heterocycles. The van der Waals surface area contributed by atoms with Crippen LogP contribution in [0.3, 0.4) is 0 Å². The van der Waals surface area contributed by atoms with Crippen LogP contribution in [0.2, 0.25) is 0 Å². The lowest BCUT2D eigenvalue weighted by molar-refractivity contribution is 0.0663. The van der Waals surface area contributed by atoms with Crippen LogP contribution in [0.5, 0.6) is 0 Å². The summed E-state index contributed by atoms with van der Waals surface area (Å²) >= 11 is 0. The number of carboxylic acids is 1. The fourth-order valence-corrected chi connectivity index (χ4v) is 3.30. The fourth-order valence-electron chi connectivity index (χ4n) is 3.30. The summed E-state index contributed by atoms with van der Waals surface area (Å²) in [5, 5.41) is 12.5. The molecule has 3 aromatic rings. The summed E-state index contributed by atoms with van der Waals surface area (Å²) in [5.41, 5.74) is 4.30. The second-order valence-corrected chi connectivity index (χ2v) is 5.97. The van der Waals surface area contributed by atoms with Crippen molar-refractivity contribution in [2.45, 2.75) is 18.9 Å². The van der Waals surface area contributed by atoms with Crippen molar-refractivity contribution < 1.29 is 14.3 Å². The van der Waals surface area contributed by atoms with Gasteiger partial charge in [0, 0.05) is 23.5 Å². The highest BCUT2D eigenvalue weighted by atomic mass is 16.4. The maximum Gasteiger partial charge on any atom is 0.371 e. The van der Waals surface area contributed by atoms with Crippen LogP contribution >= 0.6 is 0 Å². The number of nitrogens with zero attached hydrogens (tertiary/aromatic N) is 2. The Kier molecular flexibility index (Phi) is 3.65. The Balaban J connectivity index is 1.85. The summed E-state index contributed by atoms with van der Waals surface area (Å²) in [6, 6.07) is 10.5. The molecule has 2 aromatic heterocycles. The number of furan rings is 1. The average molecular weight is 334 g/mol. The van der Waals surface area contributed by atoms with Gasteiger partial charge in [-0.05, 0) is 53.8 Å². The molecule has 0 aliphatic heterocycles. The highest BCUT2D eigenvalue weighted by molar-refractivity contribution is 5.90. The number of benzene rings is 1. The third kappa shape index (κ3) is 2.61. The lowest BCUT2D eigenvalue weighted by Crippen LogP contribution is -1.91. The van der Waals surface area contributed by atoms with E-state index in [2.05, 4.69) is 10.2 Å². The molecule has 124 valence electrons. The van der Waals surface area contributed by atoms with Crippen molar-refractivity contribution in [2.75, 3.05) is 0 Å². The van der Waals surface area contributed by atoms with E-state index in [1.165, 1.54) is 6.07 Å². The molecule has 0 radical (unpaired) electrons. The molecule has 1 atom stereocenters. The largest absolute Gasteiger partial charge is 0.475 e. The topological polar surface area (TPSA) is 92.8 Å². The number of carbonyl (C=O) groups is 1. The van der Waals surface area contributed by atoms with Gasteiger partial charge in [0.15, 0.2) is 0 Å². The molecule has 4 rings (SSSR count). The molecule has 1 aliphatic rings. The maximum atomic E-state index is 11.3. The minimum Gasteiger partial charge on any atom is -0.475 e. The zero-order valence-corrected chi connectivity index (χ0v) is 13.2. The monoisotopic (exact) mass is 334 g/mol. The first-order valence-electron chi connectivity index (χ1n) is 7.90. The predicted molar refractivity (Wildman–Crippen MR) is 91.2 cm³/mol. The number of nitroso groups, excluding NO2 is 1. The van der Waals surface area contributed by atoms with Gasteiger partial charge in [0.05, 0.1) is 0 Å². The number of rotatable bonds is 4. The van der Waals surface area contributed by atoms with E-state index in [1.54, 1.807) is 24.5 Å². The molecule has 0 amide bonds. The average Bonchev–Trinajstić information content (AvgIpc) is 3.26. The zero-order valence-electron chi connectivity index (χ0n) is 13.2. The second kappa shape index (κ2) is 5.98. The third-order valence-electron chi connectivity index (χ3n) is 4.51. The van der Waals surface area contributed by atoms with Crippen LogP contribution in [0.4, 0.5) is 0 Å². The van der Waals surface area contributed by atoms with Gasteiger partial charge in [0.1, 0.15) is 11.8 Å². The van der Waals surface area contributed by atoms with Gasteiger partial charge >= 0.3 is 5.97 Å². The Bertz CT molecular complexity index is 963. The van der Waals surface area contributed by atoms with Crippen molar-refractivity contribution in [2.24, 2.45) is 5.18 Å². The van der Waals surface area contributed by atoms with E-state index in [9.17, 15) is 14.8 Å². The Morgan fingerprint density at radius 1 is 1.16 bits per heavy atom. The van der Waals surface area contributed by atoms with Crippen molar-refractivity contribution in [3.63, 3.8) is 0 Å². The van der Waals surface area contributed by atoms with Gasteiger partial charge in [-0.2, -0.15) is 4.91 Å². The first kappa shape index (κ1) is 15.3. The summed E-state index contributed by atoms with van der Waals surface area (Å²) < 4.78 is 5.62. The highest BCUT2D eigenvalue weighted by Crippen LogP contribution is 2.40. The number of aryl methyl sites for hydroxylation is 1. The molecule has 0 fully saturated rings. The van der Waals surface area contributed by atoms with E-state index in [0.717, 1.165) is 28.7 Å². The number of hydrogen-bond acceptors (Lipinski definition) is 5. The Hall–Kier alpha value is -3.28. The second-order valence-electron chi connectivity index (χ2n) is 5.97. The molecule has 6 heteroatoms. The summed E-state index contributed by atoms with van der Waals surface area (Å²) in [7, 11) is 0. The van der Waals surface area contributed by atoms with E-state index in [4.69, 9.17) is 4.42 Å². The van der Waals surface area contributed by atoms with Crippen LogP contribution in [0.1, 0.15) is 34.1 Å². The molecular formula is C19H14N2O4. The smallest absolute Gasteiger partial charge is 0.371 e. The lowest BCUT2D eigenvalue weighted by atomic mass is 9.99. The first-order chi connectivity index (χ1) is 12.2. The van der Waals surface area contributed by atoms with Crippen molar-refractivity contribution >= 4 is 5.97 Å². The molecule has 1 aliphatic carbocycles. The van der Waals surface area contributed by atoms with E-state index in [-0.39, 0.29) is 11.8 Å². The van der Waals surface area contributed by atoms with E-state index in [0.29, 0.717) is 17.7 Å². The normalized spacial score (nSPS) is 15.8. The van der Waals surface area contributed by atoms with Crippen LogP contribution in [0.25, 0.3) is 22.5 Å². The van der Waals surface area contributed by atoms with E-state index < -0.39 is 5.97 Å². The van der Waals surface area contributed by atoms with Crippen LogP contribution in [0.15, 0.2) is 58.4 Å². The van der Waals surface area contributed by atoms with Gasteiger partial charge in [0.25, 0.3) is 0 Å². The van der Waals surface area contributed by atoms with E-state index >= 15 is 0 Å². The fraction of sp³-hybridized carbons (Fsp3) is 0.158. The standard InChI is InChI=1S/C19H14N2O4/c22-19(23)17-10-15(11-5-7-20-8-6-11)18(25-17)13-1-3-14-12(9-13)2-4-16(14)21-24/h1,3,5-10,16H,2,4H2,(H,22,23). The number of carboxylic acid groups (broad SMARTS) is 1. The Morgan fingerprint density at radius 2 is 1.96 bits per heavy atom. The lowest BCUT2D eigenvalue weighted by Gasteiger charge is -2.07. The number of pyridine rings is 1. The highest BCUT2D eigenvalue weighted by Gasteiger charge is 2.25. The van der Waals surface area contributed by atoms with Gasteiger partial charge in [0.2, 0.25) is 5.76 Å². The van der Waals surface area contributed by atoms with Gasteiger partial charge in [-0.25, -0.2) is 4.79 Å².